The van der Waals surface area contributed by atoms with Crippen LogP contribution >= 0.6 is 11.3 Å². The molecule has 0 saturated carbocycles. The van der Waals surface area contributed by atoms with Crippen molar-refractivity contribution in [2.45, 2.75) is 19.8 Å². The number of benzene rings is 2. The maximum Gasteiger partial charge on any atom is 0.224 e. The van der Waals surface area contributed by atoms with Crippen LogP contribution in [0.15, 0.2) is 47.8 Å². The summed E-state index contributed by atoms with van der Waals surface area (Å²) in [7, 11) is 3.17. The van der Waals surface area contributed by atoms with Gasteiger partial charge in [0.1, 0.15) is 0 Å². The van der Waals surface area contributed by atoms with Gasteiger partial charge in [0.05, 0.1) is 26.3 Å². The van der Waals surface area contributed by atoms with Crippen molar-refractivity contribution in [3.63, 3.8) is 0 Å². The van der Waals surface area contributed by atoms with Crippen LogP contribution in [0, 0.1) is 6.92 Å². The summed E-state index contributed by atoms with van der Waals surface area (Å²) >= 11 is 1.56. The highest BCUT2D eigenvalue weighted by atomic mass is 32.1. The molecule has 7 nitrogen and oxygen atoms in total. The van der Waals surface area contributed by atoms with Crippen LogP contribution in [-0.2, 0) is 17.6 Å². The number of ether oxygens (including phenoxy) is 2. The van der Waals surface area contributed by atoms with Gasteiger partial charge in [-0.1, -0.05) is 30.3 Å². The van der Waals surface area contributed by atoms with Crippen LogP contribution in [0.3, 0.4) is 0 Å². The van der Waals surface area contributed by atoms with Crippen LogP contribution in [0.1, 0.15) is 16.8 Å². The minimum absolute atomic E-state index is 0.0436. The Kier molecular flexibility index (Phi) is 6.18. The molecule has 0 aliphatic heterocycles. The maximum absolute atomic E-state index is 12.4. The number of rotatable bonds is 8. The van der Waals surface area contributed by atoms with Gasteiger partial charge in [-0.25, -0.2) is 4.52 Å². The minimum atomic E-state index is -0.0436. The van der Waals surface area contributed by atoms with Crippen molar-refractivity contribution in [2.24, 2.45) is 0 Å². The van der Waals surface area contributed by atoms with Gasteiger partial charge < -0.3 is 14.8 Å². The molecule has 8 heteroatoms. The third kappa shape index (κ3) is 4.54. The first-order chi connectivity index (χ1) is 15.1. The zero-order valence-electron chi connectivity index (χ0n) is 17.7. The van der Waals surface area contributed by atoms with E-state index in [1.807, 2.05) is 40.2 Å². The van der Waals surface area contributed by atoms with Gasteiger partial charge in [0, 0.05) is 23.9 Å². The van der Waals surface area contributed by atoms with Gasteiger partial charge in [-0.05, 0) is 30.2 Å². The molecule has 0 radical (unpaired) electrons. The number of hydrogen-bond acceptors (Lipinski definition) is 6. The Labute approximate surface area is 184 Å². The molecule has 0 atom stereocenters. The third-order valence-corrected chi connectivity index (χ3v) is 5.92. The molecule has 31 heavy (non-hydrogen) atoms. The molecule has 2 aromatic heterocycles. The minimum Gasteiger partial charge on any atom is -0.493 e. The lowest BCUT2D eigenvalue weighted by molar-refractivity contribution is -0.120. The monoisotopic (exact) mass is 436 g/mol. The number of aryl methyl sites for hydroxylation is 1. The summed E-state index contributed by atoms with van der Waals surface area (Å²) in [4.78, 5) is 17.9. The number of hydrogen-bond donors (Lipinski definition) is 1. The molecule has 2 heterocycles. The first kappa shape index (κ1) is 20.9. The van der Waals surface area contributed by atoms with Crippen molar-refractivity contribution in [2.75, 3.05) is 20.8 Å². The summed E-state index contributed by atoms with van der Waals surface area (Å²) in [6.45, 7) is 2.58. The maximum atomic E-state index is 12.4. The molecule has 0 bridgehead atoms. The van der Waals surface area contributed by atoms with E-state index < -0.39 is 0 Å². The second kappa shape index (κ2) is 9.18. The zero-order chi connectivity index (χ0) is 21.8. The van der Waals surface area contributed by atoms with Gasteiger partial charge >= 0.3 is 0 Å². The number of nitrogens with zero attached hydrogens (tertiary/aromatic N) is 3. The lowest BCUT2D eigenvalue weighted by atomic mass is 10.1. The highest BCUT2D eigenvalue weighted by Gasteiger charge is 2.13. The molecule has 0 spiro atoms. The highest BCUT2D eigenvalue weighted by molar-refractivity contribution is 7.15. The highest BCUT2D eigenvalue weighted by Crippen LogP contribution is 2.27. The fourth-order valence-corrected chi connectivity index (χ4v) is 4.26. The van der Waals surface area contributed by atoms with Crippen LogP contribution < -0.4 is 14.8 Å². The number of carbonyl (C=O) groups is 1. The summed E-state index contributed by atoms with van der Waals surface area (Å²) in [6, 6.07) is 13.6. The van der Waals surface area contributed by atoms with Gasteiger partial charge in [0.15, 0.2) is 17.3 Å². The van der Waals surface area contributed by atoms with E-state index in [2.05, 4.69) is 28.4 Å². The Morgan fingerprint density at radius 2 is 1.94 bits per heavy atom. The largest absolute Gasteiger partial charge is 0.493 e. The number of amides is 1. The molecule has 0 aliphatic rings. The molecule has 1 amide bonds. The molecule has 0 saturated heterocycles. The number of methoxy groups -OCH3 is 2. The second-order valence-electron chi connectivity index (χ2n) is 7.14. The summed E-state index contributed by atoms with van der Waals surface area (Å²) in [5.74, 6) is 1.94. The van der Waals surface area contributed by atoms with E-state index in [0.717, 1.165) is 33.2 Å². The van der Waals surface area contributed by atoms with E-state index in [1.54, 1.807) is 31.6 Å². The van der Waals surface area contributed by atoms with Gasteiger partial charge in [0.2, 0.25) is 10.9 Å². The average Bonchev–Trinajstić information content (AvgIpc) is 3.35. The number of nitrogens with one attached hydrogen (secondary N) is 1. The van der Waals surface area contributed by atoms with Gasteiger partial charge in [-0.2, -0.15) is 4.98 Å². The lowest BCUT2D eigenvalue weighted by Gasteiger charge is -2.10. The van der Waals surface area contributed by atoms with E-state index in [0.29, 0.717) is 24.5 Å². The van der Waals surface area contributed by atoms with Crippen molar-refractivity contribution in [1.29, 1.82) is 0 Å². The SMILES string of the molecule is COc1ccc(CC(=O)NCCc2csc3nc(-c4ccccc4C)nn23)cc1OC. The van der Waals surface area contributed by atoms with Crippen LogP contribution in [-0.4, -0.2) is 41.3 Å². The standard InChI is InChI=1S/C23H24N4O3S/c1-15-6-4-5-7-18(15)22-25-23-27(26-22)17(14-31-23)10-11-24-21(28)13-16-8-9-19(29-2)20(12-16)30-3/h4-9,12,14H,10-11,13H2,1-3H3,(H,24,28). The predicted octanol–water partition coefficient (Wildman–Crippen LogP) is 3.68. The number of aromatic nitrogens is 3. The molecule has 1 N–H and O–H groups in total. The van der Waals surface area contributed by atoms with E-state index in [4.69, 9.17) is 9.47 Å². The Morgan fingerprint density at radius 1 is 1.13 bits per heavy atom. The van der Waals surface area contributed by atoms with E-state index in [1.165, 1.54) is 0 Å². The number of thiazole rings is 1. The first-order valence-electron chi connectivity index (χ1n) is 9.96. The molecule has 2 aromatic carbocycles. The van der Waals surface area contributed by atoms with Crippen molar-refractivity contribution in [3.05, 3.63) is 64.7 Å². The van der Waals surface area contributed by atoms with E-state index in [-0.39, 0.29) is 12.3 Å². The zero-order valence-corrected chi connectivity index (χ0v) is 18.5. The van der Waals surface area contributed by atoms with Crippen LogP contribution in [0.5, 0.6) is 11.5 Å². The van der Waals surface area contributed by atoms with Crippen molar-refractivity contribution >= 4 is 22.2 Å². The van der Waals surface area contributed by atoms with Gasteiger partial charge in [-0.15, -0.1) is 16.4 Å². The Bertz CT molecular complexity index is 1210. The molecule has 0 aliphatic carbocycles. The molecule has 4 aromatic rings. The Hall–Kier alpha value is -3.39. The Balaban J connectivity index is 1.37. The third-order valence-electron chi connectivity index (χ3n) is 5.05. The normalized spacial score (nSPS) is 10.9. The van der Waals surface area contributed by atoms with Crippen LogP contribution in [0.2, 0.25) is 0 Å². The molecule has 4 rings (SSSR count). The summed E-state index contributed by atoms with van der Waals surface area (Å²) in [5.41, 5.74) is 4.07. The van der Waals surface area contributed by atoms with Gasteiger partial charge in [-0.3, -0.25) is 4.79 Å². The fourth-order valence-electron chi connectivity index (χ4n) is 3.40. The fraction of sp³-hybridized carbons (Fsp3) is 0.261. The van der Waals surface area contributed by atoms with Gasteiger partial charge in [0.25, 0.3) is 0 Å². The second-order valence-corrected chi connectivity index (χ2v) is 7.97. The topological polar surface area (TPSA) is 77.8 Å². The molecule has 160 valence electrons. The van der Waals surface area contributed by atoms with Crippen LogP contribution in [0.25, 0.3) is 16.3 Å². The summed E-state index contributed by atoms with van der Waals surface area (Å²) in [5, 5.41) is 9.70. The number of carbonyl (C=O) groups excluding carboxylic acids is 1. The van der Waals surface area contributed by atoms with Crippen molar-refractivity contribution in [3.8, 4) is 22.9 Å². The van der Waals surface area contributed by atoms with E-state index >= 15 is 0 Å². The lowest BCUT2D eigenvalue weighted by Crippen LogP contribution is -2.27. The van der Waals surface area contributed by atoms with Crippen LogP contribution in [0.4, 0.5) is 0 Å². The molecular formula is C23H24N4O3S. The summed E-state index contributed by atoms with van der Waals surface area (Å²) in [6.07, 6.45) is 0.953. The number of fused-ring (bicyclic) bond motifs is 1. The smallest absolute Gasteiger partial charge is 0.224 e. The van der Waals surface area contributed by atoms with E-state index in [9.17, 15) is 4.79 Å². The predicted molar refractivity (Wildman–Crippen MR) is 121 cm³/mol. The Morgan fingerprint density at radius 3 is 2.71 bits per heavy atom. The molecule has 0 fully saturated rings. The summed E-state index contributed by atoms with van der Waals surface area (Å²) < 4.78 is 12.4. The first-order valence-corrected chi connectivity index (χ1v) is 10.8. The van der Waals surface area contributed by atoms with Crippen molar-refractivity contribution in [1.82, 2.24) is 19.9 Å². The average molecular weight is 437 g/mol. The van der Waals surface area contributed by atoms with Crippen molar-refractivity contribution < 1.29 is 14.3 Å². The molecule has 0 unspecified atom stereocenters. The quantitative estimate of drug-likeness (QED) is 0.456. The molecular weight excluding hydrogens is 412 g/mol.